The first-order valence-corrected chi connectivity index (χ1v) is 8.28. The fourth-order valence-electron chi connectivity index (χ4n) is 2.85. The Labute approximate surface area is 147 Å². The smallest absolute Gasteiger partial charge is 0.222 e. The van der Waals surface area contributed by atoms with Gasteiger partial charge in [0.1, 0.15) is 11.6 Å². The van der Waals surface area contributed by atoms with Gasteiger partial charge in [-0.15, -0.1) is 0 Å². The molecule has 0 bridgehead atoms. The van der Waals surface area contributed by atoms with Crippen molar-refractivity contribution >= 4 is 5.95 Å². The van der Waals surface area contributed by atoms with Crippen LogP contribution in [0.5, 0.6) is 5.75 Å². The van der Waals surface area contributed by atoms with Gasteiger partial charge >= 0.3 is 0 Å². The first kappa shape index (κ1) is 17.6. The number of ether oxygens (including phenoxy) is 2. The summed E-state index contributed by atoms with van der Waals surface area (Å²) < 4.78 is 25.0. The highest BCUT2D eigenvalue weighted by Crippen LogP contribution is 2.28. The van der Waals surface area contributed by atoms with E-state index in [1.807, 2.05) is 6.92 Å². The molecule has 2 heterocycles. The maximum absolute atomic E-state index is 14.3. The molecule has 1 saturated heterocycles. The highest BCUT2D eigenvalue weighted by Gasteiger charge is 2.18. The predicted octanol–water partition coefficient (Wildman–Crippen LogP) is 2.34. The van der Waals surface area contributed by atoms with E-state index in [1.165, 1.54) is 13.2 Å². The van der Waals surface area contributed by atoms with Crippen molar-refractivity contribution < 1.29 is 13.9 Å². The number of aromatic nitrogens is 2. The molecule has 1 fully saturated rings. The Morgan fingerprint density at radius 2 is 2.24 bits per heavy atom. The second-order valence-corrected chi connectivity index (χ2v) is 6.17. The quantitative estimate of drug-likeness (QED) is 0.897. The number of aryl methyl sites for hydroxylation is 1. The summed E-state index contributed by atoms with van der Waals surface area (Å²) in [6.07, 6.45) is 1.75. The number of benzene rings is 1. The van der Waals surface area contributed by atoms with Crippen LogP contribution in [0.3, 0.4) is 0 Å². The Bertz CT molecular complexity index is 741. The lowest BCUT2D eigenvalue weighted by atomic mass is 10.1. The lowest BCUT2D eigenvalue weighted by Gasteiger charge is -2.30. The number of likely N-dealkylation sites (N-methyl/N-ethyl adjacent to an activating group) is 1. The molecule has 0 spiro atoms. The minimum atomic E-state index is -0.356. The number of hydrogen-bond donors (Lipinski definition) is 1. The number of nitrogens with one attached hydrogen (secondary N) is 1. The monoisotopic (exact) mass is 346 g/mol. The van der Waals surface area contributed by atoms with Crippen LogP contribution in [-0.4, -0.2) is 61.4 Å². The van der Waals surface area contributed by atoms with E-state index in [-0.39, 0.29) is 11.9 Å². The van der Waals surface area contributed by atoms with Gasteiger partial charge in [0.05, 0.1) is 25.5 Å². The van der Waals surface area contributed by atoms with Crippen molar-refractivity contribution in [2.45, 2.75) is 13.0 Å². The van der Waals surface area contributed by atoms with Crippen LogP contribution in [-0.2, 0) is 4.74 Å². The van der Waals surface area contributed by atoms with Crippen molar-refractivity contribution in [3.63, 3.8) is 0 Å². The number of nitrogens with zero attached hydrogens (tertiary/aromatic N) is 3. The molecule has 1 aliphatic heterocycles. The summed E-state index contributed by atoms with van der Waals surface area (Å²) in [6, 6.07) is 4.76. The van der Waals surface area contributed by atoms with Crippen LogP contribution in [0.1, 0.15) is 5.69 Å². The molecule has 0 amide bonds. The molecule has 0 aliphatic carbocycles. The molecule has 7 heteroatoms. The van der Waals surface area contributed by atoms with Gasteiger partial charge in [0, 0.05) is 43.0 Å². The second-order valence-electron chi connectivity index (χ2n) is 6.17. The number of halogens is 1. The van der Waals surface area contributed by atoms with Crippen molar-refractivity contribution in [3.05, 3.63) is 35.9 Å². The molecule has 2 aromatic rings. The van der Waals surface area contributed by atoms with Crippen molar-refractivity contribution in [3.8, 4) is 16.9 Å². The van der Waals surface area contributed by atoms with E-state index in [4.69, 9.17) is 9.47 Å². The van der Waals surface area contributed by atoms with Crippen molar-refractivity contribution in [1.29, 1.82) is 0 Å². The van der Waals surface area contributed by atoms with Gasteiger partial charge in [-0.05, 0) is 26.1 Å². The Morgan fingerprint density at radius 3 is 2.92 bits per heavy atom. The van der Waals surface area contributed by atoms with Gasteiger partial charge in [0.2, 0.25) is 5.95 Å². The summed E-state index contributed by atoms with van der Waals surface area (Å²) in [5.74, 6) is 0.646. The third-order valence-corrected chi connectivity index (χ3v) is 4.28. The van der Waals surface area contributed by atoms with Crippen LogP contribution < -0.4 is 10.1 Å². The van der Waals surface area contributed by atoms with Crippen LogP contribution in [0.4, 0.5) is 10.3 Å². The molecule has 1 aliphatic rings. The summed E-state index contributed by atoms with van der Waals surface area (Å²) in [4.78, 5) is 11.0. The second kappa shape index (κ2) is 7.76. The fraction of sp³-hybridized carbons (Fsp3) is 0.444. The molecular formula is C18H23FN4O2. The van der Waals surface area contributed by atoms with Gasteiger partial charge < -0.3 is 19.7 Å². The summed E-state index contributed by atoms with van der Waals surface area (Å²) >= 11 is 0. The molecule has 1 N–H and O–H groups in total. The van der Waals surface area contributed by atoms with Crippen molar-refractivity contribution in [2.75, 3.05) is 45.7 Å². The molecule has 1 aromatic heterocycles. The number of methoxy groups -OCH3 is 1. The number of hydrogen-bond acceptors (Lipinski definition) is 6. The summed E-state index contributed by atoms with van der Waals surface area (Å²) in [7, 11) is 3.59. The van der Waals surface area contributed by atoms with Gasteiger partial charge in [-0.3, -0.25) is 0 Å². The molecule has 0 saturated carbocycles. The zero-order valence-electron chi connectivity index (χ0n) is 14.8. The molecule has 1 aromatic carbocycles. The van der Waals surface area contributed by atoms with Crippen LogP contribution in [0.2, 0.25) is 0 Å². The maximum atomic E-state index is 14.3. The zero-order valence-corrected chi connectivity index (χ0v) is 14.8. The molecule has 1 atom stereocenters. The Kier molecular flexibility index (Phi) is 5.45. The SMILES string of the molecule is COc1ccc(-c2cnc(NCC3CN(C)CCO3)nc2C)c(F)c1. The zero-order chi connectivity index (χ0) is 17.8. The maximum Gasteiger partial charge on any atom is 0.222 e. The van der Waals surface area contributed by atoms with E-state index in [9.17, 15) is 4.39 Å². The summed E-state index contributed by atoms with van der Waals surface area (Å²) in [6.45, 7) is 5.05. The molecular weight excluding hydrogens is 323 g/mol. The predicted molar refractivity (Wildman–Crippen MR) is 94.4 cm³/mol. The third kappa shape index (κ3) is 4.24. The Morgan fingerprint density at radius 1 is 1.40 bits per heavy atom. The van der Waals surface area contributed by atoms with E-state index >= 15 is 0 Å². The van der Waals surface area contributed by atoms with Crippen LogP contribution in [0.15, 0.2) is 24.4 Å². The Balaban J connectivity index is 1.70. The van der Waals surface area contributed by atoms with Crippen molar-refractivity contribution in [2.24, 2.45) is 0 Å². The molecule has 3 rings (SSSR count). The Hall–Kier alpha value is -2.25. The lowest BCUT2D eigenvalue weighted by Crippen LogP contribution is -2.43. The van der Waals surface area contributed by atoms with E-state index in [0.29, 0.717) is 35.1 Å². The normalized spacial score (nSPS) is 18.2. The minimum absolute atomic E-state index is 0.112. The first-order valence-electron chi connectivity index (χ1n) is 8.28. The van der Waals surface area contributed by atoms with Gasteiger partial charge in [-0.25, -0.2) is 14.4 Å². The van der Waals surface area contributed by atoms with Crippen LogP contribution in [0, 0.1) is 12.7 Å². The molecule has 1 unspecified atom stereocenters. The average Bonchev–Trinajstić information content (AvgIpc) is 2.60. The highest BCUT2D eigenvalue weighted by atomic mass is 19.1. The van der Waals surface area contributed by atoms with Crippen LogP contribution in [0.25, 0.3) is 11.1 Å². The fourth-order valence-corrected chi connectivity index (χ4v) is 2.85. The topological polar surface area (TPSA) is 59.5 Å². The minimum Gasteiger partial charge on any atom is -0.497 e. The third-order valence-electron chi connectivity index (χ3n) is 4.28. The number of morpholine rings is 1. The molecule has 0 radical (unpaired) electrons. The number of rotatable bonds is 5. The average molecular weight is 346 g/mol. The van der Waals surface area contributed by atoms with E-state index in [2.05, 4.69) is 27.2 Å². The van der Waals surface area contributed by atoms with Gasteiger partial charge in [0.25, 0.3) is 0 Å². The summed E-state index contributed by atoms with van der Waals surface area (Å²) in [5.41, 5.74) is 1.84. The highest BCUT2D eigenvalue weighted by molar-refractivity contribution is 5.67. The molecule has 6 nitrogen and oxygen atoms in total. The lowest BCUT2D eigenvalue weighted by molar-refractivity contribution is -0.0117. The van der Waals surface area contributed by atoms with E-state index in [0.717, 1.165) is 19.7 Å². The molecule has 134 valence electrons. The standard InChI is InChI=1S/C18H23FN4O2/c1-12-16(15-5-4-13(24-3)8-17(15)19)10-21-18(22-12)20-9-14-11-23(2)6-7-25-14/h4-5,8,10,14H,6-7,9,11H2,1-3H3,(H,20,21,22). The summed E-state index contributed by atoms with van der Waals surface area (Å²) in [5, 5.41) is 3.20. The van der Waals surface area contributed by atoms with Gasteiger partial charge in [-0.2, -0.15) is 0 Å². The van der Waals surface area contributed by atoms with Crippen molar-refractivity contribution in [1.82, 2.24) is 14.9 Å². The van der Waals surface area contributed by atoms with Gasteiger partial charge in [-0.1, -0.05) is 0 Å². The van der Waals surface area contributed by atoms with E-state index < -0.39 is 0 Å². The number of anilines is 1. The van der Waals surface area contributed by atoms with E-state index in [1.54, 1.807) is 18.3 Å². The first-order chi connectivity index (χ1) is 12.1. The molecule has 25 heavy (non-hydrogen) atoms. The van der Waals surface area contributed by atoms with Crippen LogP contribution >= 0.6 is 0 Å². The van der Waals surface area contributed by atoms with Gasteiger partial charge in [0.15, 0.2) is 0 Å². The largest absolute Gasteiger partial charge is 0.497 e.